The molecule has 0 bridgehead atoms. The predicted molar refractivity (Wildman–Crippen MR) is 49.5 cm³/mol. The Balaban J connectivity index is 2.42. The molecule has 0 spiro atoms. The Morgan fingerprint density at radius 1 is 1.36 bits per heavy atom. The van der Waals surface area contributed by atoms with Gasteiger partial charge in [-0.15, -0.1) is 0 Å². The first-order chi connectivity index (χ1) is 6.63. The first-order valence-electron chi connectivity index (χ1n) is 4.87. The van der Waals surface area contributed by atoms with E-state index < -0.39 is 0 Å². The fraction of sp³-hybridized carbons (Fsp3) is 0.800. The SMILES string of the molecule is COC(=O)C[C@@H]1CCC[C@@H]1OC(C)=O. The number of rotatable bonds is 3. The van der Waals surface area contributed by atoms with E-state index in [0.29, 0.717) is 6.42 Å². The van der Waals surface area contributed by atoms with Gasteiger partial charge in [0.05, 0.1) is 13.5 Å². The van der Waals surface area contributed by atoms with Crippen LogP contribution in [0.1, 0.15) is 32.6 Å². The van der Waals surface area contributed by atoms with Crippen LogP contribution in [-0.4, -0.2) is 25.2 Å². The molecule has 1 fully saturated rings. The van der Waals surface area contributed by atoms with Crippen molar-refractivity contribution in [3.8, 4) is 0 Å². The number of hydrogen-bond acceptors (Lipinski definition) is 4. The number of hydrogen-bond donors (Lipinski definition) is 0. The quantitative estimate of drug-likeness (QED) is 0.644. The summed E-state index contributed by atoms with van der Waals surface area (Å²) in [4.78, 5) is 21.8. The molecular weight excluding hydrogens is 184 g/mol. The van der Waals surface area contributed by atoms with E-state index in [0.717, 1.165) is 19.3 Å². The van der Waals surface area contributed by atoms with Crippen molar-refractivity contribution in [1.82, 2.24) is 0 Å². The van der Waals surface area contributed by atoms with Crippen molar-refractivity contribution >= 4 is 11.9 Å². The third-order valence-electron chi connectivity index (χ3n) is 2.56. The van der Waals surface area contributed by atoms with Crippen LogP contribution in [0, 0.1) is 5.92 Å². The van der Waals surface area contributed by atoms with Crippen LogP contribution in [0.2, 0.25) is 0 Å². The predicted octanol–water partition coefficient (Wildman–Crippen LogP) is 1.28. The van der Waals surface area contributed by atoms with Crippen LogP contribution in [0.25, 0.3) is 0 Å². The summed E-state index contributed by atoms with van der Waals surface area (Å²) >= 11 is 0. The number of methoxy groups -OCH3 is 1. The third kappa shape index (κ3) is 3.01. The van der Waals surface area contributed by atoms with Crippen LogP contribution < -0.4 is 0 Å². The summed E-state index contributed by atoms with van der Waals surface area (Å²) in [7, 11) is 1.37. The van der Waals surface area contributed by atoms with E-state index in [9.17, 15) is 9.59 Å². The van der Waals surface area contributed by atoms with E-state index in [1.807, 2.05) is 0 Å². The molecule has 2 atom stereocenters. The van der Waals surface area contributed by atoms with Crippen LogP contribution in [0.15, 0.2) is 0 Å². The molecule has 0 unspecified atom stereocenters. The summed E-state index contributed by atoms with van der Waals surface area (Å²) < 4.78 is 9.71. The topological polar surface area (TPSA) is 52.6 Å². The molecule has 0 aliphatic heterocycles. The summed E-state index contributed by atoms with van der Waals surface area (Å²) in [5.41, 5.74) is 0. The molecule has 0 amide bonds. The Morgan fingerprint density at radius 3 is 2.64 bits per heavy atom. The minimum Gasteiger partial charge on any atom is -0.469 e. The van der Waals surface area contributed by atoms with Gasteiger partial charge < -0.3 is 9.47 Å². The first kappa shape index (κ1) is 11.0. The second-order valence-corrected chi connectivity index (χ2v) is 3.62. The van der Waals surface area contributed by atoms with Crippen molar-refractivity contribution in [2.45, 2.75) is 38.7 Å². The average Bonchev–Trinajstić information content (AvgIpc) is 2.52. The van der Waals surface area contributed by atoms with E-state index in [1.54, 1.807) is 0 Å². The molecule has 0 aromatic heterocycles. The molecule has 80 valence electrons. The lowest BCUT2D eigenvalue weighted by Gasteiger charge is -2.17. The van der Waals surface area contributed by atoms with Crippen molar-refractivity contribution in [3.63, 3.8) is 0 Å². The molecule has 1 rings (SSSR count). The molecule has 0 aromatic carbocycles. The van der Waals surface area contributed by atoms with E-state index in [1.165, 1.54) is 14.0 Å². The van der Waals surface area contributed by atoms with Gasteiger partial charge in [0, 0.05) is 12.8 Å². The molecule has 0 saturated heterocycles. The van der Waals surface area contributed by atoms with Crippen molar-refractivity contribution in [1.29, 1.82) is 0 Å². The fourth-order valence-corrected chi connectivity index (χ4v) is 1.90. The number of carbonyl (C=O) groups is 2. The van der Waals surface area contributed by atoms with Gasteiger partial charge in [-0.2, -0.15) is 0 Å². The van der Waals surface area contributed by atoms with Crippen molar-refractivity contribution in [2.75, 3.05) is 7.11 Å². The molecule has 1 aliphatic carbocycles. The highest BCUT2D eigenvalue weighted by Gasteiger charge is 2.31. The Kier molecular flexibility index (Phi) is 3.92. The monoisotopic (exact) mass is 200 g/mol. The lowest BCUT2D eigenvalue weighted by Crippen LogP contribution is -2.23. The molecule has 14 heavy (non-hydrogen) atoms. The van der Waals surface area contributed by atoms with Gasteiger partial charge in [0.2, 0.25) is 0 Å². The van der Waals surface area contributed by atoms with Crippen molar-refractivity contribution in [3.05, 3.63) is 0 Å². The van der Waals surface area contributed by atoms with Crippen LogP contribution >= 0.6 is 0 Å². The zero-order valence-corrected chi connectivity index (χ0v) is 8.62. The van der Waals surface area contributed by atoms with E-state index >= 15 is 0 Å². The zero-order chi connectivity index (χ0) is 10.6. The van der Waals surface area contributed by atoms with Gasteiger partial charge in [-0.3, -0.25) is 9.59 Å². The zero-order valence-electron chi connectivity index (χ0n) is 8.62. The Labute approximate surface area is 83.6 Å². The standard InChI is InChI=1S/C10H16O4/c1-7(11)14-9-5-3-4-8(9)6-10(12)13-2/h8-9H,3-6H2,1-2H3/t8-,9-/m0/s1. The van der Waals surface area contributed by atoms with Gasteiger partial charge in [-0.05, 0) is 19.3 Å². The molecule has 0 heterocycles. The van der Waals surface area contributed by atoms with Gasteiger partial charge in [0.25, 0.3) is 0 Å². The lowest BCUT2D eigenvalue weighted by atomic mass is 10.0. The molecule has 4 nitrogen and oxygen atoms in total. The summed E-state index contributed by atoms with van der Waals surface area (Å²) in [6.45, 7) is 1.40. The van der Waals surface area contributed by atoms with E-state index in [-0.39, 0.29) is 24.0 Å². The second kappa shape index (κ2) is 4.98. The molecule has 1 aliphatic rings. The Bertz CT molecular complexity index is 224. The number of carbonyl (C=O) groups excluding carboxylic acids is 2. The van der Waals surface area contributed by atoms with Crippen LogP contribution in [0.3, 0.4) is 0 Å². The van der Waals surface area contributed by atoms with Crippen LogP contribution in [0.5, 0.6) is 0 Å². The smallest absolute Gasteiger partial charge is 0.305 e. The molecule has 1 saturated carbocycles. The third-order valence-corrected chi connectivity index (χ3v) is 2.56. The average molecular weight is 200 g/mol. The molecule has 0 N–H and O–H groups in total. The summed E-state index contributed by atoms with van der Waals surface area (Å²) in [5, 5.41) is 0. The minimum atomic E-state index is -0.272. The van der Waals surface area contributed by atoms with Crippen LogP contribution in [-0.2, 0) is 19.1 Å². The molecular formula is C10H16O4. The highest BCUT2D eigenvalue weighted by atomic mass is 16.5. The van der Waals surface area contributed by atoms with E-state index in [4.69, 9.17) is 4.74 Å². The maximum atomic E-state index is 11.0. The normalized spacial score (nSPS) is 25.9. The van der Waals surface area contributed by atoms with Crippen molar-refractivity contribution < 1.29 is 19.1 Å². The summed E-state index contributed by atoms with van der Waals surface area (Å²) in [6.07, 6.45) is 3.08. The second-order valence-electron chi connectivity index (χ2n) is 3.62. The minimum absolute atomic E-state index is 0.0911. The molecule has 0 aromatic rings. The number of ether oxygens (including phenoxy) is 2. The van der Waals surface area contributed by atoms with E-state index in [2.05, 4.69) is 4.74 Å². The first-order valence-corrected chi connectivity index (χ1v) is 4.87. The lowest BCUT2D eigenvalue weighted by molar-refractivity contribution is -0.151. The molecule has 0 radical (unpaired) electrons. The highest BCUT2D eigenvalue weighted by molar-refractivity contribution is 5.70. The van der Waals surface area contributed by atoms with Crippen LogP contribution in [0.4, 0.5) is 0 Å². The Morgan fingerprint density at radius 2 is 2.07 bits per heavy atom. The van der Waals surface area contributed by atoms with Crippen molar-refractivity contribution in [2.24, 2.45) is 5.92 Å². The van der Waals surface area contributed by atoms with Gasteiger partial charge in [-0.1, -0.05) is 0 Å². The Hall–Kier alpha value is -1.06. The van der Waals surface area contributed by atoms with Gasteiger partial charge in [0.1, 0.15) is 6.10 Å². The number of esters is 2. The molecule has 4 heteroatoms. The fourth-order valence-electron chi connectivity index (χ4n) is 1.90. The van der Waals surface area contributed by atoms with Gasteiger partial charge in [-0.25, -0.2) is 0 Å². The maximum absolute atomic E-state index is 11.0. The largest absolute Gasteiger partial charge is 0.469 e. The highest BCUT2D eigenvalue weighted by Crippen LogP contribution is 2.31. The summed E-state index contributed by atoms with van der Waals surface area (Å²) in [6, 6.07) is 0. The van der Waals surface area contributed by atoms with Gasteiger partial charge in [0.15, 0.2) is 0 Å². The maximum Gasteiger partial charge on any atom is 0.305 e. The van der Waals surface area contributed by atoms with Gasteiger partial charge >= 0.3 is 11.9 Å². The summed E-state index contributed by atoms with van der Waals surface area (Å²) in [5.74, 6) is -0.354.